The van der Waals surface area contributed by atoms with Crippen LogP contribution in [0.3, 0.4) is 0 Å². The molecule has 0 aliphatic rings. The number of hydrogen-bond donors (Lipinski definition) is 2. The molecule has 9 heteroatoms. The summed E-state index contributed by atoms with van der Waals surface area (Å²) in [7, 11) is 1.24. The fraction of sp³-hybridized carbons (Fsp3) is 0.841. The van der Waals surface area contributed by atoms with E-state index >= 15 is 0 Å². The van der Waals surface area contributed by atoms with E-state index in [4.69, 9.17) is 9.05 Å². The molecule has 0 fully saturated rings. The Morgan fingerprint density at radius 2 is 1.06 bits per heavy atom. The van der Waals surface area contributed by atoms with E-state index in [2.05, 4.69) is 43.5 Å². The molecular weight excluding hydrogens is 683 g/mol. The first-order chi connectivity index (χ1) is 25.5. The number of aliphatic hydroxyl groups excluding tert-OH is 1. The first-order valence-electron chi connectivity index (χ1n) is 21.9. The smallest absolute Gasteiger partial charge is 0.268 e. The van der Waals surface area contributed by atoms with Gasteiger partial charge in [0.2, 0.25) is 5.91 Å². The van der Waals surface area contributed by atoms with Crippen LogP contribution in [0.15, 0.2) is 36.5 Å². The summed E-state index contributed by atoms with van der Waals surface area (Å²) >= 11 is 0. The summed E-state index contributed by atoms with van der Waals surface area (Å²) in [5.41, 5.74) is 0. The highest BCUT2D eigenvalue weighted by Gasteiger charge is 2.23. The molecule has 3 unspecified atom stereocenters. The van der Waals surface area contributed by atoms with Crippen LogP contribution in [0.4, 0.5) is 0 Å². The lowest BCUT2D eigenvalue weighted by molar-refractivity contribution is -0.870. The van der Waals surface area contributed by atoms with E-state index in [-0.39, 0.29) is 12.5 Å². The number of rotatable bonds is 39. The second-order valence-corrected chi connectivity index (χ2v) is 17.4. The summed E-state index contributed by atoms with van der Waals surface area (Å²) in [6.45, 7) is 4.60. The molecule has 2 N–H and O–H groups in total. The Balaban J connectivity index is 4.48. The zero-order valence-electron chi connectivity index (χ0n) is 35.2. The van der Waals surface area contributed by atoms with Gasteiger partial charge >= 0.3 is 0 Å². The lowest BCUT2D eigenvalue weighted by Gasteiger charge is -2.29. The van der Waals surface area contributed by atoms with Gasteiger partial charge in [-0.05, 0) is 57.8 Å². The topological polar surface area (TPSA) is 108 Å². The van der Waals surface area contributed by atoms with Crippen molar-refractivity contribution in [2.45, 2.75) is 199 Å². The summed E-state index contributed by atoms with van der Waals surface area (Å²) in [5.74, 6) is -0.214. The van der Waals surface area contributed by atoms with E-state index in [1.807, 2.05) is 27.2 Å². The molecule has 0 aromatic rings. The minimum absolute atomic E-state index is 0.00726. The van der Waals surface area contributed by atoms with Crippen LogP contribution in [0.2, 0.25) is 0 Å². The molecule has 0 spiro atoms. The van der Waals surface area contributed by atoms with Crippen molar-refractivity contribution < 1.29 is 32.9 Å². The van der Waals surface area contributed by atoms with E-state index in [0.717, 1.165) is 38.5 Å². The van der Waals surface area contributed by atoms with Crippen LogP contribution in [-0.2, 0) is 18.4 Å². The Labute approximate surface area is 327 Å². The van der Waals surface area contributed by atoms with Gasteiger partial charge < -0.3 is 28.8 Å². The molecule has 312 valence electrons. The maximum Gasteiger partial charge on any atom is 0.268 e. The van der Waals surface area contributed by atoms with Gasteiger partial charge in [-0.2, -0.15) is 0 Å². The maximum atomic E-state index is 12.8. The Kier molecular flexibility index (Phi) is 35.5. The summed E-state index contributed by atoms with van der Waals surface area (Å²) in [4.78, 5) is 25.3. The van der Waals surface area contributed by atoms with Crippen molar-refractivity contribution in [3.63, 3.8) is 0 Å². The number of nitrogens with zero attached hydrogens (tertiary/aromatic N) is 1. The molecule has 0 radical (unpaired) electrons. The molecule has 8 nitrogen and oxygen atoms in total. The number of phosphoric ester groups is 1. The largest absolute Gasteiger partial charge is 0.756 e. The lowest BCUT2D eigenvalue weighted by atomic mass is 10.1. The average Bonchev–Trinajstić information content (AvgIpc) is 3.10. The Morgan fingerprint density at radius 1 is 0.642 bits per heavy atom. The second-order valence-electron chi connectivity index (χ2n) is 16.0. The Hall–Kier alpha value is -1.28. The van der Waals surface area contributed by atoms with Crippen LogP contribution >= 0.6 is 7.82 Å². The number of allylic oxidation sites excluding steroid dienone is 5. The molecule has 3 atom stereocenters. The fourth-order valence-corrected chi connectivity index (χ4v) is 6.77. The number of aliphatic hydroxyl groups is 1. The monoisotopic (exact) mass is 769 g/mol. The molecule has 0 bridgehead atoms. The number of carbonyl (C=O) groups is 1. The zero-order chi connectivity index (χ0) is 39.3. The third-order valence-corrected chi connectivity index (χ3v) is 10.5. The first-order valence-corrected chi connectivity index (χ1v) is 23.3. The van der Waals surface area contributed by atoms with Crippen molar-refractivity contribution in [2.24, 2.45) is 0 Å². The maximum absolute atomic E-state index is 12.8. The van der Waals surface area contributed by atoms with Gasteiger partial charge in [-0.25, -0.2) is 0 Å². The molecule has 0 heterocycles. The lowest BCUT2D eigenvalue weighted by Crippen LogP contribution is -2.45. The van der Waals surface area contributed by atoms with Crippen molar-refractivity contribution in [1.29, 1.82) is 0 Å². The van der Waals surface area contributed by atoms with E-state index in [0.29, 0.717) is 17.4 Å². The molecule has 0 rings (SSSR count). The van der Waals surface area contributed by atoms with E-state index < -0.39 is 26.6 Å². The molecular formula is C44H85N2O6P. The van der Waals surface area contributed by atoms with Gasteiger partial charge in [-0.1, -0.05) is 159 Å². The molecule has 1 amide bonds. The molecule has 0 aromatic heterocycles. The molecule has 0 saturated carbocycles. The number of unbranched alkanes of at least 4 members (excludes halogenated alkanes) is 22. The van der Waals surface area contributed by atoms with Crippen LogP contribution in [0.5, 0.6) is 0 Å². The minimum atomic E-state index is -4.59. The second kappa shape index (κ2) is 36.4. The molecule has 0 saturated heterocycles. The first kappa shape index (κ1) is 51.7. The fourth-order valence-electron chi connectivity index (χ4n) is 6.04. The number of nitrogens with one attached hydrogen (secondary N) is 1. The van der Waals surface area contributed by atoms with Gasteiger partial charge in [0.15, 0.2) is 0 Å². The summed E-state index contributed by atoms with van der Waals surface area (Å²) in [5, 5.41) is 13.7. The van der Waals surface area contributed by atoms with E-state index in [1.54, 1.807) is 6.08 Å². The van der Waals surface area contributed by atoms with Crippen molar-refractivity contribution in [3.05, 3.63) is 36.5 Å². The number of carbonyl (C=O) groups excluding carboxylic acids is 1. The average molecular weight is 769 g/mol. The number of amides is 1. The van der Waals surface area contributed by atoms with Crippen LogP contribution in [0.25, 0.3) is 0 Å². The quantitative estimate of drug-likeness (QED) is 0.0279. The number of phosphoric acid groups is 1. The van der Waals surface area contributed by atoms with Gasteiger partial charge in [0.05, 0.1) is 39.9 Å². The third-order valence-electron chi connectivity index (χ3n) is 9.57. The Bertz CT molecular complexity index is 964. The van der Waals surface area contributed by atoms with Gasteiger partial charge in [0.1, 0.15) is 13.2 Å². The molecule has 0 aliphatic carbocycles. The summed E-state index contributed by atoms with van der Waals surface area (Å²) in [6, 6.07) is -0.902. The Morgan fingerprint density at radius 3 is 1.53 bits per heavy atom. The predicted molar refractivity (Wildman–Crippen MR) is 224 cm³/mol. The highest BCUT2D eigenvalue weighted by atomic mass is 31.2. The zero-order valence-corrected chi connectivity index (χ0v) is 36.1. The number of likely N-dealkylation sites (N-methyl/N-ethyl adjacent to an activating group) is 1. The standard InChI is InChI=1S/C44H85N2O6P/c1-6-8-10-12-14-16-18-20-22-23-24-26-28-30-32-34-36-38-44(48)45-42(41-52-53(49,50)51-40-39-46(3,4)5)43(47)37-35-33-31-29-27-25-21-19-17-15-13-11-9-7-2/h20,22,27,29,35,37,42-43,47H,6-19,21,23-26,28,30-34,36,38-41H2,1-5H3,(H-,45,48,49,50)/b22-20-,29-27+,37-35+. The van der Waals surface area contributed by atoms with Gasteiger partial charge in [0.25, 0.3) is 7.82 Å². The number of quaternary nitrogens is 1. The number of hydrogen-bond acceptors (Lipinski definition) is 6. The van der Waals surface area contributed by atoms with E-state index in [9.17, 15) is 19.4 Å². The molecule has 0 aliphatic heterocycles. The van der Waals surface area contributed by atoms with Crippen LogP contribution in [-0.4, -0.2) is 68.5 Å². The highest BCUT2D eigenvalue weighted by Crippen LogP contribution is 2.38. The van der Waals surface area contributed by atoms with Crippen molar-refractivity contribution in [2.75, 3.05) is 40.9 Å². The summed E-state index contributed by atoms with van der Waals surface area (Å²) in [6.07, 6.45) is 43.3. The summed E-state index contributed by atoms with van der Waals surface area (Å²) < 4.78 is 23.1. The van der Waals surface area contributed by atoms with Gasteiger partial charge in [-0.15, -0.1) is 0 Å². The van der Waals surface area contributed by atoms with Gasteiger partial charge in [0, 0.05) is 6.42 Å². The van der Waals surface area contributed by atoms with Crippen LogP contribution in [0.1, 0.15) is 187 Å². The van der Waals surface area contributed by atoms with Crippen LogP contribution in [0, 0.1) is 0 Å². The van der Waals surface area contributed by atoms with Crippen molar-refractivity contribution in [3.8, 4) is 0 Å². The van der Waals surface area contributed by atoms with Crippen molar-refractivity contribution in [1.82, 2.24) is 5.32 Å². The van der Waals surface area contributed by atoms with Crippen LogP contribution < -0.4 is 10.2 Å². The normalized spacial score (nSPS) is 14.8. The third kappa shape index (κ3) is 38.8. The molecule has 0 aromatic carbocycles. The minimum Gasteiger partial charge on any atom is -0.756 e. The highest BCUT2D eigenvalue weighted by molar-refractivity contribution is 7.45. The van der Waals surface area contributed by atoms with Gasteiger partial charge in [-0.3, -0.25) is 9.36 Å². The predicted octanol–water partition coefficient (Wildman–Crippen LogP) is 11.3. The van der Waals surface area contributed by atoms with E-state index in [1.165, 1.54) is 128 Å². The SMILES string of the molecule is CCCCCCCC/C=C\CCCCCCCCCC(=O)NC(COP(=O)([O-])OCC[N+](C)(C)C)C(O)/C=C/CC/C=C/CCCCCCCCCC. The van der Waals surface area contributed by atoms with Crippen molar-refractivity contribution >= 4 is 13.7 Å². The molecule has 53 heavy (non-hydrogen) atoms.